The van der Waals surface area contributed by atoms with E-state index in [2.05, 4.69) is 28.1 Å². The molecule has 1 atom stereocenters. The number of thioether (sulfide) groups is 1. The summed E-state index contributed by atoms with van der Waals surface area (Å²) in [6.45, 7) is 4.94. The van der Waals surface area contributed by atoms with Crippen molar-refractivity contribution in [2.24, 2.45) is 0 Å². The standard InChI is InChI=1S/C16H36NOS.C7H8O3S/c1-5-6-7-8-9-10-11-12-13-19-15-16(18)14-17(2,3)4;1-6-2-4-7(5-3-6)11(8,9)10/h16,18H,5-15H2,1-4H3;2-5H,1H3,(H,8,9,10)/q+1;/p-1. The average molecular weight is 462 g/mol. The molecule has 7 heteroatoms. The largest absolute Gasteiger partial charge is 0.744 e. The molecule has 0 radical (unpaired) electrons. The van der Waals surface area contributed by atoms with Gasteiger partial charge in [-0.15, -0.1) is 0 Å². The summed E-state index contributed by atoms with van der Waals surface area (Å²) in [6, 6.07) is 5.78. The number of hydrogen-bond acceptors (Lipinski definition) is 5. The molecule has 0 bridgehead atoms. The number of likely N-dealkylation sites (N-methyl/N-ethyl adjacent to an activating group) is 1. The van der Waals surface area contributed by atoms with Crippen molar-refractivity contribution in [1.29, 1.82) is 0 Å². The zero-order valence-electron chi connectivity index (χ0n) is 19.6. The Morgan fingerprint density at radius 1 is 0.967 bits per heavy atom. The fourth-order valence-electron chi connectivity index (χ4n) is 2.95. The molecule has 0 fully saturated rings. The third-order valence-electron chi connectivity index (χ3n) is 4.52. The van der Waals surface area contributed by atoms with Gasteiger partial charge in [-0.2, -0.15) is 11.8 Å². The highest BCUT2D eigenvalue weighted by Crippen LogP contribution is 2.12. The van der Waals surface area contributed by atoms with Gasteiger partial charge in [-0.1, -0.05) is 69.6 Å². The number of aliphatic hydroxyl groups is 1. The number of aliphatic hydroxyl groups excluding tert-OH is 1. The second-order valence-electron chi connectivity index (χ2n) is 8.94. The molecule has 1 aromatic carbocycles. The van der Waals surface area contributed by atoms with Crippen molar-refractivity contribution in [3.63, 3.8) is 0 Å². The van der Waals surface area contributed by atoms with Gasteiger partial charge in [-0.3, -0.25) is 0 Å². The van der Waals surface area contributed by atoms with Gasteiger partial charge in [0.25, 0.3) is 0 Å². The summed E-state index contributed by atoms with van der Waals surface area (Å²) in [7, 11) is 2.12. The van der Waals surface area contributed by atoms with E-state index in [0.717, 1.165) is 22.3 Å². The van der Waals surface area contributed by atoms with Gasteiger partial charge in [-0.25, -0.2) is 8.42 Å². The van der Waals surface area contributed by atoms with Crippen molar-refractivity contribution in [3.8, 4) is 0 Å². The summed E-state index contributed by atoms with van der Waals surface area (Å²) >= 11 is 1.91. The quantitative estimate of drug-likeness (QED) is 0.244. The Morgan fingerprint density at radius 2 is 1.47 bits per heavy atom. The van der Waals surface area contributed by atoms with Crippen molar-refractivity contribution < 1.29 is 22.6 Å². The maximum Gasteiger partial charge on any atom is 0.124 e. The first-order chi connectivity index (χ1) is 14.0. The van der Waals surface area contributed by atoms with E-state index in [4.69, 9.17) is 0 Å². The summed E-state index contributed by atoms with van der Waals surface area (Å²) < 4.78 is 32.0. The smallest absolute Gasteiger partial charge is 0.124 e. The van der Waals surface area contributed by atoms with E-state index in [1.807, 2.05) is 18.7 Å². The molecule has 0 amide bonds. The highest BCUT2D eigenvalue weighted by molar-refractivity contribution is 7.99. The molecule has 0 heterocycles. The van der Waals surface area contributed by atoms with E-state index >= 15 is 0 Å². The second-order valence-corrected chi connectivity index (χ2v) is 11.5. The minimum Gasteiger partial charge on any atom is -0.744 e. The van der Waals surface area contributed by atoms with E-state index in [-0.39, 0.29) is 11.0 Å². The monoisotopic (exact) mass is 461 g/mol. The topological polar surface area (TPSA) is 77.4 Å². The molecule has 0 aliphatic carbocycles. The summed E-state index contributed by atoms with van der Waals surface area (Å²) in [6.07, 6.45) is 10.9. The van der Waals surface area contributed by atoms with Crippen LogP contribution in [0.15, 0.2) is 29.2 Å². The molecular formula is C23H43NO4S2. The number of hydrogen-bond donors (Lipinski definition) is 1. The molecule has 0 spiro atoms. The van der Waals surface area contributed by atoms with E-state index < -0.39 is 10.1 Å². The van der Waals surface area contributed by atoms with Crippen LogP contribution in [0, 0.1) is 6.92 Å². The molecular weight excluding hydrogens is 418 g/mol. The summed E-state index contributed by atoms with van der Waals surface area (Å²) in [5.74, 6) is 2.11. The highest BCUT2D eigenvalue weighted by atomic mass is 32.2. The molecule has 0 aliphatic rings. The predicted octanol–water partition coefficient (Wildman–Crippen LogP) is 4.83. The Morgan fingerprint density at radius 3 is 1.93 bits per heavy atom. The van der Waals surface area contributed by atoms with Gasteiger partial charge in [0.15, 0.2) is 0 Å². The van der Waals surface area contributed by atoms with Crippen molar-refractivity contribution >= 4 is 21.9 Å². The van der Waals surface area contributed by atoms with Crippen LogP contribution < -0.4 is 0 Å². The Labute approximate surface area is 189 Å². The normalized spacial score (nSPS) is 12.9. The number of quaternary nitrogens is 1. The summed E-state index contributed by atoms with van der Waals surface area (Å²) in [5.41, 5.74) is 0.928. The number of nitrogens with zero attached hydrogens (tertiary/aromatic N) is 1. The van der Waals surface area contributed by atoms with Gasteiger partial charge in [-0.05, 0) is 31.2 Å². The second kappa shape index (κ2) is 16.1. The van der Waals surface area contributed by atoms with E-state index in [1.165, 1.54) is 69.3 Å². The molecule has 0 saturated carbocycles. The van der Waals surface area contributed by atoms with Crippen LogP contribution in [-0.4, -0.2) is 67.9 Å². The van der Waals surface area contributed by atoms with Crippen LogP contribution >= 0.6 is 11.8 Å². The van der Waals surface area contributed by atoms with Crippen LogP contribution in [0.2, 0.25) is 0 Å². The van der Waals surface area contributed by atoms with E-state index in [9.17, 15) is 18.1 Å². The van der Waals surface area contributed by atoms with Gasteiger partial charge in [0.05, 0.1) is 26.0 Å². The van der Waals surface area contributed by atoms with Crippen LogP contribution in [0.5, 0.6) is 0 Å². The Hall–Kier alpha value is -0.600. The van der Waals surface area contributed by atoms with Gasteiger partial charge in [0.2, 0.25) is 0 Å². The molecule has 0 aliphatic heterocycles. The molecule has 5 nitrogen and oxygen atoms in total. The molecule has 1 unspecified atom stereocenters. The first-order valence-corrected chi connectivity index (χ1v) is 13.6. The Kier molecular flexibility index (Phi) is 15.8. The van der Waals surface area contributed by atoms with Crippen molar-refractivity contribution in [1.82, 2.24) is 0 Å². The summed E-state index contributed by atoms with van der Waals surface area (Å²) in [5, 5.41) is 9.87. The molecule has 1 aromatic rings. The molecule has 1 N–H and O–H groups in total. The zero-order chi connectivity index (χ0) is 23.0. The minimum atomic E-state index is -4.27. The third-order valence-corrected chi connectivity index (χ3v) is 6.57. The first kappa shape index (κ1) is 29.4. The number of unbranched alkanes of at least 4 members (excludes halogenated alkanes) is 7. The SMILES string of the molecule is CCCCCCCCCCSCC(O)C[N+](C)(C)C.Cc1ccc(S(=O)(=O)[O-])cc1. The third kappa shape index (κ3) is 18.2. The number of aryl methyl sites for hydroxylation is 1. The fraction of sp³-hybridized carbons (Fsp3) is 0.739. The van der Waals surface area contributed by atoms with Crippen LogP contribution in [0.4, 0.5) is 0 Å². The Bertz CT molecular complexity index is 640. The van der Waals surface area contributed by atoms with Crippen molar-refractivity contribution in [2.45, 2.75) is 76.2 Å². The van der Waals surface area contributed by atoms with Crippen LogP contribution in [-0.2, 0) is 10.1 Å². The molecule has 0 saturated heterocycles. The number of rotatable bonds is 14. The van der Waals surface area contributed by atoms with E-state index in [0.29, 0.717) is 0 Å². The zero-order valence-corrected chi connectivity index (χ0v) is 21.2. The van der Waals surface area contributed by atoms with Crippen LogP contribution in [0.25, 0.3) is 0 Å². The number of benzene rings is 1. The van der Waals surface area contributed by atoms with Crippen LogP contribution in [0.1, 0.15) is 63.9 Å². The lowest BCUT2D eigenvalue weighted by Gasteiger charge is -2.26. The maximum absolute atomic E-state index is 10.4. The predicted molar refractivity (Wildman–Crippen MR) is 128 cm³/mol. The van der Waals surface area contributed by atoms with E-state index in [1.54, 1.807) is 12.1 Å². The fourth-order valence-corrected chi connectivity index (χ4v) is 4.37. The lowest BCUT2D eigenvalue weighted by atomic mass is 10.1. The molecule has 30 heavy (non-hydrogen) atoms. The molecule has 1 rings (SSSR count). The summed E-state index contributed by atoms with van der Waals surface area (Å²) in [4.78, 5) is -0.178. The lowest BCUT2D eigenvalue weighted by Crippen LogP contribution is -2.42. The van der Waals surface area contributed by atoms with Gasteiger partial charge in [0, 0.05) is 5.75 Å². The first-order valence-electron chi connectivity index (χ1n) is 11.0. The van der Waals surface area contributed by atoms with Gasteiger partial charge >= 0.3 is 0 Å². The lowest BCUT2D eigenvalue weighted by molar-refractivity contribution is -0.873. The molecule has 176 valence electrons. The average Bonchev–Trinajstić information content (AvgIpc) is 2.62. The highest BCUT2D eigenvalue weighted by Gasteiger charge is 2.14. The minimum absolute atomic E-state index is 0.154. The van der Waals surface area contributed by atoms with Gasteiger partial charge in [0.1, 0.15) is 22.8 Å². The Balaban J connectivity index is 0.000000642. The van der Waals surface area contributed by atoms with Crippen molar-refractivity contribution in [2.75, 3.05) is 39.2 Å². The van der Waals surface area contributed by atoms with Gasteiger partial charge < -0.3 is 14.1 Å². The van der Waals surface area contributed by atoms with Crippen LogP contribution in [0.3, 0.4) is 0 Å². The maximum atomic E-state index is 10.4. The molecule has 0 aromatic heterocycles. The van der Waals surface area contributed by atoms with Crippen molar-refractivity contribution in [3.05, 3.63) is 29.8 Å².